The molecule has 36 heavy (non-hydrogen) atoms. The van der Waals surface area contributed by atoms with Gasteiger partial charge >= 0.3 is 0 Å². The van der Waals surface area contributed by atoms with Crippen LogP contribution in [0.4, 0.5) is 0 Å². The highest BCUT2D eigenvalue weighted by atomic mass is 16.3. The quantitative estimate of drug-likeness (QED) is 0.364. The Labute approximate surface area is 208 Å². The fraction of sp³-hybridized carbons (Fsp3) is 0.440. The number of benzene rings is 1. The van der Waals surface area contributed by atoms with E-state index in [4.69, 9.17) is 5.73 Å². The third-order valence-electron chi connectivity index (χ3n) is 7.24. The first-order valence-corrected chi connectivity index (χ1v) is 11.0. The SMILES string of the molecule is C.CN(C)C(=O)c1ccc(O)c2c1C[C@H]1C[C@H]3C(N(C)C)C(=O)C(C(N)=O)=C(O)C3(O)C(=O)C1=C2O. The topological polar surface area (TPSA) is 182 Å². The Morgan fingerprint density at radius 1 is 1.08 bits per heavy atom. The summed E-state index contributed by atoms with van der Waals surface area (Å²) in [5, 5.41) is 44.0. The zero-order valence-electron chi connectivity index (χ0n) is 19.7. The minimum atomic E-state index is -2.70. The molecule has 3 aliphatic rings. The average molecular weight is 502 g/mol. The Morgan fingerprint density at radius 2 is 1.69 bits per heavy atom. The van der Waals surface area contributed by atoms with Crippen LogP contribution in [0, 0.1) is 11.8 Å². The van der Waals surface area contributed by atoms with Crippen LogP contribution in [0.1, 0.15) is 35.3 Å². The van der Waals surface area contributed by atoms with Crippen LogP contribution in [0.15, 0.2) is 29.0 Å². The van der Waals surface area contributed by atoms with Crippen LogP contribution in [-0.4, -0.2) is 93.4 Å². The number of hydrogen-bond acceptors (Lipinski definition) is 9. The lowest BCUT2D eigenvalue weighted by Gasteiger charge is -2.50. The number of amides is 2. The summed E-state index contributed by atoms with van der Waals surface area (Å²) in [6.45, 7) is 0. The van der Waals surface area contributed by atoms with Gasteiger partial charge in [0.1, 0.15) is 22.8 Å². The molecule has 11 nitrogen and oxygen atoms in total. The molecule has 194 valence electrons. The van der Waals surface area contributed by atoms with Gasteiger partial charge in [-0.25, -0.2) is 0 Å². The maximum atomic E-state index is 13.7. The lowest BCUT2D eigenvalue weighted by Crippen LogP contribution is -2.65. The molecule has 0 saturated heterocycles. The summed E-state index contributed by atoms with van der Waals surface area (Å²) in [5.74, 6) is -7.65. The second-order valence-electron chi connectivity index (χ2n) is 9.65. The van der Waals surface area contributed by atoms with E-state index >= 15 is 0 Å². The van der Waals surface area contributed by atoms with E-state index in [1.54, 1.807) is 14.1 Å². The van der Waals surface area contributed by atoms with Crippen LogP contribution >= 0.6 is 0 Å². The molecule has 1 saturated carbocycles. The van der Waals surface area contributed by atoms with Crippen LogP contribution in [-0.2, 0) is 20.8 Å². The van der Waals surface area contributed by atoms with Crippen molar-refractivity contribution in [2.45, 2.75) is 31.9 Å². The van der Waals surface area contributed by atoms with E-state index in [2.05, 4.69) is 0 Å². The number of likely N-dealkylation sites (N-methyl/N-ethyl adjacent to an activating group) is 1. The smallest absolute Gasteiger partial charge is 0.255 e. The molecule has 2 unspecified atom stereocenters. The van der Waals surface area contributed by atoms with Crippen molar-refractivity contribution in [3.05, 3.63) is 45.7 Å². The number of phenolic OH excluding ortho intramolecular Hbond substituents is 1. The number of rotatable bonds is 3. The zero-order chi connectivity index (χ0) is 26.1. The summed E-state index contributed by atoms with van der Waals surface area (Å²) in [5.41, 5.74) is 1.91. The van der Waals surface area contributed by atoms with Gasteiger partial charge in [-0.15, -0.1) is 0 Å². The maximum Gasteiger partial charge on any atom is 0.255 e. The molecule has 1 aromatic rings. The maximum absolute atomic E-state index is 13.7. The number of aliphatic hydroxyl groups is 3. The van der Waals surface area contributed by atoms with E-state index in [1.165, 1.54) is 36.0 Å². The minimum Gasteiger partial charge on any atom is -0.508 e. The van der Waals surface area contributed by atoms with Crippen molar-refractivity contribution < 1.29 is 39.6 Å². The van der Waals surface area contributed by atoms with Crippen molar-refractivity contribution in [3.63, 3.8) is 0 Å². The normalized spacial score (nSPS) is 27.2. The summed E-state index contributed by atoms with van der Waals surface area (Å²) in [6, 6.07) is 1.48. The molecule has 1 fully saturated rings. The fourth-order valence-electron chi connectivity index (χ4n) is 5.69. The highest BCUT2D eigenvalue weighted by molar-refractivity contribution is 6.24. The molecule has 2 amide bonds. The average Bonchev–Trinajstić information content (AvgIpc) is 2.75. The van der Waals surface area contributed by atoms with Gasteiger partial charge in [-0.2, -0.15) is 0 Å². The van der Waals surface area contributed by atoms with E-state index < -0.39 is 58.0 Å². The van der Waals surface area contributed by atoms with E-state index in [-0.39, 0.29) is 48.6 Å². The summed E-state index contributed by atoms with van der Waals surface area (Å²) >= 11 is 0. The monoisotopic (exact) mass is 501 g/mol. The molecule has 0 aliphatic heterocycles. The van der Waals surface area contributed by atoms with E-state index in [0.717, 1.165) is 0 Å². The van der Waals surface area contributed by atoms with Crippen molar-refractivity contribution >= 4 is 29.1 Å². The first-order chi connectivity index (χ1) is 16.2. The van der Waals surface area contributed by atoms with Gasteiger partial charge in [0.15, 0.2) is 11.4 Å². The molecule has 0 spiro atoms. The first kappa shape index (κ1) is 26.9. The van der Waals surface area contributed by atoms with Gasteiger partial charge in [0, 0.05) is 31.1 Å². The number of nitrogens with two attached hydrogens (primary N) is 1. The van der Waals surface area contributed by atoms with Crippen molar-refractivity contribution in [2.75, 3.05) is 28.2 Å². The van der Waals surface area contributed by atoms with Gasteiger partial charge in [0.2, 0.25) is 5.78 Å². The molecule has 3 aliphatic carbocycles. The predicted octanol–water partition coefficient (Wildman–Crippen LogP) is 0.302. The molecular weight excluding hydrogens is 470 g/mol. The van der Waals surface area contributed by atoms with Crippen LogP contribution in [0.25, 0.3) is 5.76 Å². The number of primary amides is 1. The summed E-state index contributed by atoms with van der Waals surface area (Å²) < 4.78 is 0. The number of carbonyl (C=O) groups is 4. The van der Waals surface area contributed by atoms with Gasteiger partial charge in [-0.1, -0.05) is 7.43 Å². The van der Waals surface area contributed by atoms with Crippen LogP contribution < -0.4 is 5.73 Å². The number of phenols is 1. The Kier molecular flexibility index (Phi) is 6.54. The van der Waals surface area contributed by atoms with Crippen LogP contribution in [0.2, 0.25) is 0 Å². The lowest BCUT2D eigenvalue weighted by molar-refractivity contribution is -0.153. The molecule has 0 bridgehead atoms. The molecule has 11 heteroatoms. The van der Waals surface area contributed by atoms with Crippen LogP contribution in [0.3, 0.4) is 0 Å². The fourth-order valence-corrected chi connectivity index (χ4v) is 5.69. The zero-order valence-corrected chi connectivity index (χ0v) is 19.7. The van der Waals surface area contributed by atoms with Gasteiger partial charge in [-0.3, -0.25) is 24.1 Å². The number of aromatic hydroxyl groups is 1. The van der Waals surface area contributed by atoms with Crippen molar-refractivity contribution in [1.82, 2.24) is 9.80 Å². The largest absolute Gasteiger partial charge is 0.508 e. The standard InChI is InChI=1S/C24H27N3O8.CH4/c1-26(2)17-12-8-9-7-11-10(23(34)27(3)4)5-6-13(28)15(11)18(29)14(9)20(31)24(12,35)21(32)16(19(17)30)22(25)33;/h5-6,9,12,17,28-29,32,35H,7-8H2,1-4H3,(H2,25,33);1H4/t9-,12-,17?,24?;/m0./s1. The summed E-state index contributed by atoms with van der Waals surface area (Å²) in [7, 11) is 6.16. The number of fused-ring (bicyclic) bond motifs is 3. The van der Waals surface area contributed by atoms with Gasteiger partial charge in [0.05, 0.1) is 11.6 Å². The van der Waals surface area contributed by atoms with Crippen molar-refractivity contribution in [3.8, 4) is 5.75 Å². The highest BCUT2D eigenvalue weighted by Crippen LogP contribution is 2.52. The molecule has 0 radical (unpaired) electrons. The number of nitrogens with zero attached hydrogens (tertiary/aromatic N) is 2. The molecule has 4 rings (SSSR count). The number of Topliss-reactive ketones (excluding diaryl/α,β-unsaturated/α-hetero) is 2. The third kappa shape index (κ3) is 3.41. The van der Waals surface area contributed by atoms with Gasteiger partial charge in [0.25, 0.3) is 11.8 Å². The molecule has 0 heterocycles. The minimum absolute atomic E-state index is 0. The molecule has 6 N–H and O–H groups in total. The van der Waals surface area contributed by atoms with E-state index in [0.29, 0.717) is 5.56 Å². The Bertz CT molecular complexity index is 1260. The number of carbonyl (C=O) groups excluding carboxylic acids is 4. The Hall–Kier alpha value is -3.70. The second kappa shape index (κ2) is 8.75. The first-order valence-electron chi connectivity index (χ1n) is 11.0. The summed E-state index contributed by atoms with van der Waals surface area (Å²) in [4.78, 5) is 54.3. The summed E-state index contributed by atoms with van der Waals surface area (Å²) in [6.07, 6.45) is 0.00879. The molecular formula is C25H31N3O8. The van der Waals surface area contributed by atoms with Crippen LogP contribution in [0.5, 0.6) is 5.75 Å². The van der Waals surface area contributed by atoms with E-state index in [1.807, 2.05) is 0 Å². The number of hydrogen-bond donors (Lipinski definition) is 5. The number of ketones is 2. The molecule has 1 aromatic carbocycles. The van der Waals surface area contributed by atoms with Crippen molar-refractivity contribution in [1.29, 1.82) is 0 Å². The molecule has 4 atom stereocenters. The highest BCUT2D eigenvalue weighted by Gasteiger charge is 2.64. The number of aliphatic hydroxyl groups excluding tert-OH is 2. The van der Waals surface area contributed by atoms with Crippen molar-refractivity contribution in [2.24, 2.45) is 17.6 Å². The van der Waals surface area contributed by atoms with E-state index in [9.17, 15) is 39.6 Å². The second-order valence-corrected chi connectivity index (χ2v) is 9.65. The lowest BCUT2D eigenvalue weighted by atomic mass is 9.57. The van der Waals surface area contributed by atoms with Gasteiger partial charge in [-0.05, 0) is 50.6 Å². The van der Waals surface area contributed by atoms with Gasteiger partial charge < -0.3 is 31.1 Å². The Balaban J connectivity index is 0.00000361. The predicted molar refractivity (Wildman–Crippen MR) is 129 cm³/mol. The Morgan fingerprint density at radius 3 is 2.22 bits per heavy atom. The molecule has 0 aromatic heterocycles. The third-order valence-corrected chi connectivity index (χ3v) is 7.24.